The number of likely N-dealkylation sites (N-methyl/N-ethyl adjacent to an activating group) is 1. The standard InChI is InChI=1S/C3H8N2O.C2H4BrNO.CH5N/c1-5-2-3(4)6;3-1-2(4)5;1-2/h5H,2H2,1H3,(H2,4,6);1H2,(H2,4,5);2H2,1H3. The van der Waals surface area contributed by atoms with Crippen LogP contribution in [0.5, 0.6) is 0 Å². The number of alkyl halides is 1. The predicted molar refractivity (Wildman–Crippen MR) is 56.2 cm³/mol. The molecule has 0 radical (unpaired) electrons. The fraction of sp³-hybridized carbons (Fsp3) is 0.667. The highest BCUT2D eigenvalue weighted by Gasteiger charge is 1.82. The van der Waals surface area contributed by atoms with Crippen molar-refractivity contribution in [3.63, 3.8) is 0 Å². The highest BCUT2D eigenvalue weighted by Crippen LogP contribution is 1.71. The summed E-state index contributed by atoms with van der Waals surface area (Å²) in [6, 6.07) is 0. The van der Waals surface area contributed by atoms with Crippen LogP contribution in [-0.4, -0.2) is 37.8 Å². The molecule has 0 aliphatic rings. The van der Waals surface area contributed by atoms with E-state index in [1.165, 1.54) is 7.05 Å². The zero-order chi connectivity index (χ0) is 11.3. The smallest absolute Gasteiger partial charge is 0.231 e. The Morgan fingerprint density at radius 2 is 1.54 bits per heavy atom. The average Bonchev–Trinajstić information content (AvgIpc) is 2.09. The summed E-state index contributed by atoms with van der Waals surface area (Å²) in [5.41, 5.74) is 13.8. The van der Waals surface area contributed by atoms with Crippen LogP contribution in [0.1, 0.15) is 0 Å². The van der Waals surface area contributed by atoms with E-state index in [1.807, 2.05) is 0 Å². The molecule has 0 aromatic carbocycles. The van der Waals surface area contributed by atoms with Crippen molar-refractivity contribution in [3.8, 4) is 0 Å². The third kappa shape index (κ3) is 52.5. The molecule has 0 aliphatic heterocycles. The van der Waals surface area contributed by atoms with E-state index in [0.29, 0.717) is 0 Å². The van der Waals surface area contributed by atoms with Crippen LogP contribution >= 0.6 is 15.9 Å². The quantitative estimate of drug-likeness (QED) is 0.442. The van der Waals surface area contributed by atoms with Crippen molar-refractivity contribution < 1.29 is 9.59 Å². The van der Waals surface area contributed by atoms with E-state index in [9.17, 15) is 9.59 Å². The summed E-state index contributed by atoms with van der Waals surface area (Å²) < 4.78 is 0. The van der Waals surface area contributed by atoms with Crippen LogP contribution in [0.4, 0.5) is 0 Å². The molecule has 0 saturated carbocycles. The molecule has 0 bridgehead atoms. The molecule has 0 aliphatic carbocycles. The number of nitrogens with two attached hydrogens (primary N) is 3. The third-order valence-electron chi connectivity index (χ3n) is 0.483. The van der Waals surface area contributed by atoms with Crippen LogP contribution in [0, 0.1) is 0 Å². The average molecular weight is 257 g/mol. The van der Waals surface area contributed by atoms with Gasteiger partial charge in [0.1, 0.15) is 0 Å². The molecule has 0 rings (SSSR count). The number of carbonyl (C=O) groups is 2. The number of primary amides is 2. The Morgan fingerprint density at radius 1 is 1.23 bits per heavy atom. The van der Waals surface area contributed by atoms with Crippen molar-refractivity contribution >= 4 is 27.7 Å². The maximum absolute atomic E-state index is 9.76. The van der Waals surface area contributed by atoms with Crippen molar-refractivity contribution in [2.45, 2.75) is 0 Å². The van der Waals surface area contributed by atoms with Gasteiger partial charge in [-0.2, -0.15) is 0 Å². The number of amides is 2. The summed E-state index contributed by atoms with van der Waals surface area (Å²) in [7, 11) is 3.17. The Morgan fingerprint density at radius 3 is 1.54 bits per heavy atom. The van der Waals surface area contributed by atoms with Gasteiger partial charge in [0.05, 0.1) is 11.9 Å². The Labute approximate surface area is 86.3 Å². The lowest BCUT2D eigenvalue weighted by Gasteiger charge is -1.85. The van der Waals surface area contributed by atoms with Crippen LogP contribution in [0.2, 0.25) is 0 Å². The van der Waals surface area contributed by atoms with Gasteiger partial charge in [-0.1, -0.05) is 15.9 Å². The van der Waals surface area contributed by atoms with E-state index in [4.69, 9.17) is 5.73 Å². The van der Waals surface area contributed by atoms with Gasteiger partial charge in [-0.15, -0.1) is 0 Å². The molecule has 0 spiro atoms. The van der Waals surface area contributed by atoms with E-state index < -0.39 is 0 Å². The zero-order valence-corrected chi connectivity index (χ0v) is 9.43. The number of hydrogen-bond acceptors (Lipinski definition) is 4. The van der Waals surface area contributed by atoms with Crippen LogP contribution in [0.25, 0.3) is 0 Å². The fourth-order valence-corrected chi connectivity index (χ4v) is 0.174. The first-order chi connectivity index (χ1) is 6.04. The minimum Gasteiger partial charge on any atom is -0.369 e. The van der Waals surface area contributed by atoms with E-state index in [1.54, 1.807) is 7.05 Å². The summed E-state index contributed by atoms with van der Waals surface area (Å²) >= 11 is 2.84. The lowest BCUT2D eigenvalue weighted by atomic mass is 10.6. The summed E-state index contributed by atoms with van der Waals surface area (Å²) in [5.74, 6) is -0.650. The van der Waals surface area contributed by atoms with Crippen LogP contribution in [0.3, 0.4) is 0 Å². The summed E-state index contributed by atoms with van der Waals surface area (Å²) in [4.78, 5) is 19.3. The maximum Gasteiger partial charge on any atom is 0.231 e. The predicted octanol–water partition coefficient (Wildman–Crippen LogP) is -1.87. The summed E-state index contributed by atoms with van der Waals surface area (Å²) in [6.45, 7) is 0.264. The molecule has 6 nitrogen and oxygen atoms in total. The number of rotatable bonds is 3. The normalized spacial score (nSPS) is 7.08. The van der Waals surface area contributed by atoms with Gasteiger partial charge in [-0.3, -0.25) is 9.59 Å². The molecular weight excluding hydrogens is 240 g/mol. The molecule has 0 saturated heterocycles. The summed E-state index contributed by atoms with van der Waals surface area (Å²) in [5, 5.41) is 2.85. The second-order valence-electron chi connectivity index (χ2n) is 1.60. The number of carbonyl (C=O) groups excluding carboxylic acids is 2. The van der Waals surface area contributed by atoms with Crippen molar-refractivity contribution in [2.24, 2.45) is 17.2 Å². The molecule has 7 heteroatoms. The molecule has 80 valence electrons. The first-order valence-electron chi connectivity index (χ1n) is 3.39. The maximum atomic E-state index is 9.76. The Kier molecular flexibility index (Phi) is 24.4. The highest BCUT2D eigenvalue weighted by molar-refractivity contribution is 9.09. The van der Waals surface area contributed by atoms with Gasteiger partial charge in [-0.05, 0) is 14.1 Å². The third-order valence-corrected chi connectivity index (χ3v) is 1.04. The first kappa shape index (κ1) is 18.2. The molecule has 0 fully saturated rings. The van der Waals surface area contributed by atoms with Crippen LogP contribution in [-0.2, 0) is 9.59 Å². The molecule has 0 atom stereocenters. The van der Waals surface area contributed by atoms with Gasteiger partial charge in [0, 0.05) is 0 Å². The molecule has 0 unspecified atom stereocenters. The Hall–Kier alpha value is -0.660. The minimum atomic E-state index is -0.329. The van der Waals surface area contributed by atoms with Crippen LogP contribution in [0.15, 0.2) is 0 Å². The van der Waals surface area contributed by atoms with E-state index in [-0.39, 0.29) is 23.7 Å². The Balaban J connectivity index is -0.000000131. The molecule has 2 amide bonds. The SMILES string of the molecule is CN.CNCC(N)=O.NC(=O)CBr. The van der Waals surface area contributed by atoms with Gasteiger partial charge in [0.25, 0.3) is 0 Å². The van der Waals surface area contributed by atoms with Crippen molar-refractivity contribution in [1.29, 1.82) is 0 Å². The molecule has 13 heavy (non-hydrogen) atoms. The van der Waals surface area contributed by atoms with Crippen LogP contribution < -0.4 is 22.5 Å². The van der Waals surface area contributed by atoms with E-state index in [2.05, 4.69) is 32.7 Å². The van der Waals surface area contributed by atoms with Crippen molar-refractivity contribution in [3.05, 3.63) is 0 Å². The lowest BCUT2D eigenvalue weighted by Crippen LogP contribution is -2.25. The summed E-state index contributed by atoms with van der Waals surface area (Å²) in [6.07, 6.45) is 0. The molecule has 7 N–H and O–H groups in total. The number of hydrogen-bond donors (Lipinski definition) is 4. The van der Waals surface area contributed by atoms with Gasteiger partial charge < -0.3 is 22.5 Å². The second-order valence-corrected chi connectivity index (χ2v) is 2.16. The van der Waals surface area contributed by atoms with Crippen molar-refractivity contribution in [2.75, 3.05) is 26.0 Å². The van der Waals surface area contributed by atoms with Gasteiger partial charge >= 0.3 is 0 Å². The van der Waals surface area contributed by atoms with Crippen molar-refractivity contribution in [1.82, 2.24) is 5.32 Å². The van der Waals surface area contributed by atoms with E-state index >= 15 is 0 Å². The second kappa shape index (κ2) is 17.4. The van der Waals surface area contributed by atoms with Gasteiger partial charge in [-0.25, -0.2) is 0 Å². The largest absolute Gasteiger partial charge is 0.369 e. The molecule has 0 aromatic rings. The minimum absolute atomic E-state index is 0.257. The zero-order valence-electron chi connectivity index (χ0n) is 7.84. The molecule has 0 heterocycles. The number of halogens is 1. The fourth-order valence-electron chi connectivity index (χ4n) is 0.174. The first-order valence-corrected chi connectivity index (χ1v) is 4.51. The van der Waals surface area contributed by atoms with Gasteiger partial charge in [0.15, 0.2) is 0 Å². The number of nitrogens with one attached hydrogen (secondary N) is 1. The van der Waals surface area contributed by atoms with E-state index in [0.717, 1.165) is 0 Å². The molecular formula is C6H17BrN4O2. The Bertz CT molecular complexity index is 132. The van der Waals surface area contributed by atoms with Gasteiger partial charge in [0.2, 0.25) is 11.8 Å². The topological polar surface area (TPSA) is 124 Å². The molecule has 0 aromatic heterocycles. The highest BCUT2D eigenvalue weighted by atomic mass is 79.9. The lowest BCUT2D eigenvalue weighted by molar-refractivity contribution is -0.117. The monoisotopic (exact) mass is 256 g/mol.